The molecule has 1 unspecified atom stereocenters. The van der Waals surface area contributed by atoms with Crippen molar-refractivity contribution in [2.75, 3.05) is 11.1 Å². The standard InChI is InChI=1S/C13H19N5OS2/c1-8(2)13(3,7-14)16-10(19)6-20-12-18-17-11(21-12)15-9-4-5-9/h8-9H,4-6H2,1-3H3,(H,15,17)(H,16,19). The maximum Gasteiger partial charge on any atom is 0.231 e. The van der Waals surface area contributed by atoms with Crippen LogP contribution in [0.2, 0.25) is 0 Å². The first kappa shape index (κ1) is 16.0. The number of thioether (sulfide) groups is 1. The van der Waals surface area contributed by atoms with Crippen molar-refractivity contribution in [3.63, 3.8) is 0 Å². The molecule has 1 saturated carbocycles. The Balaban J connectivity index is 1.80. The summed E-state index contributed by atoms with van der Waals surface area (Å²) in [4.78, 5) is 11.9. The summed E-state index contributed by atoms with van der Waals surface area (Å²) in [5, 5.41) is 24.1. The summed E-state index contributed by atoms with van der Waals surface area (Å²) < 4.78 is 0.761. The Morgan fingerprint density at radius 1 is 1.57 bits per heavy atom. The molecule has 1 atom stereocenters. The number of aromatic nitrogens is 2. The monoisotopic (exact) mass is 325 g/mol. The molecule has 1 fully saturated rings. The molecule has 6 nitrogen and oxygen atoms in total. The van der Waals surface area contributed by atoms with Crippen LogP contribution in [0, 0.1) is 17.2 Å². The molecule has 8 heteroatoms. The summed E-state index contributed by atoms with van der Waals surface area (Å²) in [7, 11) is 0. The SMILES string of the molecule is CC(C)C(C)(C#N)NC(=O)CSc1nnc(NC2CC2)s1. The quantitative estimate of drug-likeness (QED) is 0.747. The minimum absolute atomic E-state index is 0.0484. The molecule has 1 aliphatic rings. The first-order chi connectivity index (χ1) is 9.93. The van der Waals surface area contributed by atoms with E-state index in [-0.39, 0.29) is 17.6 Å². The highest BCUT2D eigenvalue weighted by molar-refractivity contribution is 8.01. The van der Waals surface area contributed by atoms with Crippen LogP contribution in [0.25, 0.3) is 0 Å². The van der Waals surface area contributed by atoms with E-state index in [0.29, 0.717) is 6.04 Å². The molecule has 0 bridgehead atoms. The fourth-order valence-corrected chi connectivity index (χ4v) is 3.11. The van der Waals surface area contributed by atoms with Crippen molar-refractivity contribution in [3.8, 4) is 6.07 Å². The molecule has 21 heavy (non-hydrogen) atoms. The molecule has 0 spiro atoms. The lowest BCUT2D eigenvalue weighted by atomic mass is 9.90. The van der Waals surface area contributed by atoms with Gasteiger partial charge in [0, 0.05) is 6.04 Å². The molecule has 1 amide bonds. The van der Waals surface area contributed by atoms with Gasteiger partial charge in [-0.3, -0.25) is 4.79 Å². The van der Waals surface area contributed by atoms with Crippen LogP contribution < -0.4 is 10.6 Å². The zero-order chi connectivity index (χ0) is 15.5. The summed E-state index contributed by atoms with van der Waals surface area (Å²) in [6.45, 7) is 5.57. The van der Waals surface area contributed by atoms with E-state index < -0.39 is 5.54 Å². The van der Waals surface area contributed by atoms with Crippen LogP contribution in [-0.2, 0) is 4.79 Å². The molecule has 1 aromatic rings. The fraction of sp³-hybridized carbons (Fsp3) is 0.692. The molecular weight excluding hydrogens is 306 g/mol. The van der Waals surface area contributed by atoms with Gasteiger partial charge >= 0.3 is 0 Å². The van der Waals surface area contributed by atoms with Gasteiger partial charge in [-0.05, 0) is 25.7 Å². The zero-order valence-corrected chi connectivity index (χ0v) is 14.0. The molecule has 2 N–H and O–H groups in total. The van der Waals surface area contributed by atoms with Gasteiger partial charge < -0.3 is 10.6 Å². The van der Waals surface area contributed by atoms with Gasteiger partial charge in [0.15, 0.2) is 4.34 Å². The number of carbonyl (C=O) groups excluding carboxylic acids is 1. The Labute approximate surface area is 132 Å². The van der Waals surface area contributed by atoms with E-state index in [4.69, 9.17) is 0 Å². The number of hydrogen-bond acceptors (Lipinski definition) is 7. The molecule has 2 rings (SSSR count). The highest BCUT2D eigenvalue weighted by Crippen LogP contribution is 2.30. The first-order valence-electron chi connectivity index (χ1n) is 6.88. The van der Waals surface area contributed by atoms with E-state index in [1.807, 2.05) is 13.8 Å². The Morgan fingerprint density at radius 2 is 2.29 bits per heavy atom. The van der Waals surface area contributed by atoms with Crippen molar-refractivity contribution in [1.29, 1.82) is 5.26 Å². The topological polar surface area (TPSA) is 90.7 Å². The van der Waals surface area contributed by atoms with Crippen LogP contribution in [0.3, 0.4) is 0 Å². The number of nitriles is 1. The molecule has 0 radical (unpaired) electrons. The maximum atomic E-state index is 11.9. The Kier molecular flexibility index (Phi) is 5.06. The number of rotatable bonds is 7. The van der Waals surface area contributed by atoms with Crippen LogP contribution >= 0.6 is 23.1 Å². The molecule has 1 aromatic heterocycles. The maximum absolute atomic E-state index is 11.9. The normalized spacial score (nSPS) is 17.1. The second-order valence-electron chi connectivity index (χ2n) is 5.60. The van der Waals surface area contributed by atoms with Crippen LogP contribution in [-0.4, -0.2) is 33.4 Å². The molecule has 0 aromatic carbocycles. The Hall–Kier alpha value is -1.33. The van der Waals surface area contributed by atoms with Crippen LogP contribution in [0.4, 0.5) is 5.13 Å². The molecule has 1 aliphatic carbocycles. The number of hydrogen-bond donors (Lipinski definition) is 2. The van der Waals surface area contributed by atoms with Gasteiger partial charge in [-0.15, -0.1) is 10.2 Å². The molecular formula is C13H19N5OS2. The third kappa shape index (κ3) is 4.58. The minimum Gasteiger partial charge on any atom is -0.357 e. The number of carbonyl (C=O) groups is 1. The third-order valence-electron chi connectivity index (χ3n) is 3.42. The van der Waals surface area contributed by atoms with Gasteiger partial charge in [-0.1, -0.05) is 36.9 Å². The summed E-state index contributed by atoms with van der Waals surface area (Å²) in [5.41, 5.74) is -0.836. The smallest absolute Gasteiger partial charge is 0.231 e. The minimum atomic E-state index is -0.836. The molecule has 114 valence electrons. The largest absolute Gasteiger partial charge is 0.357 e. The van der Waals surface area contributed by atoms with Crippen molar-refractivity contribution in [3.05, 3.63) is 0 Å². The highest BCUT2D eigenvalue weighted by Gasteiger charge is 2.30. The van der Waals surface area contributed by atoms with E-state index in [9.17, 15) is 10.1 Å². The lowest BCUT2D eigenvalue weighted by Crippen LogP contribution is -2.49. The van der Waals surface area contributed by atoms with Gasteiger partial charge in [-0.2, -0.15) is 5.26 Å². The van der Waals surface area contributed by atoms with Gasteiger partial charge in [0.05, 0.1) is 11.8 Å². The van der Waals surface area contributed by atoms with E-state index in [1.165, 1.54) is 35.9 Å². The zero-order valence-electron chi connectivity index (χ0n) is 12.3. The van der Waals surface area contributed by atoms with Crippen LogP contribution in [0.15, 0.2) is 4.34 Å². The average Bonchev–Trinajstić information content (AvgIpc) is 3.13. The summed E-state index contributed by atoms with van der Waals surface area (Å²) in [5.74, 6) is 0.124. The second-order valence-corrected chi connectivity index (χ2v) is 7.80. The number of amides is 1. The summed E-state index contributed by atoms with van der Waals surface area (Å²) >= 11 is 2.80. The predicted octanol–water partition coefficient (Wildman–Crippen LogP) is 2.26. The summed E-state index contributed by atoms with van der Waals surface area (Å²) in [6, 6.07) is 2.71. The van der Waals surface area contributed by atoms with E-state index in [0.717, 1.165) is 9.47 Å². The Bertz CT molecular complexity index is 549. The van der Waals surface area contributed by atoms with Crippen LogP contribution in [0.1, 0.15) is 33.6 Å². The highest BCUT2D eigenvalue weighted by atomic mass is 32.2. The van der Waals surface area contributed by atoms with Crippen molar-refractivity contribution < 1.29 is 4.79 Å². The molecule has 1 heterocycles. The lowest BCUT2D eigenvalue weighted by Gasteiger charge is -2.27. The first-order valence-corrected chi connectivity index (χ1v) is 8.68. The number of nitrogens with one attached hydrogen (secondary N) is 2. The van der Waals surface area contributed by atoms with Crippen molar-refractivity contribution in [2.24, 2.45) is 5.92 Å². The second kappa shape index (κ2) is 6.62. The third-order valence-corrected chi connectivity index (χ3v) is 5.41. The number of nitrogens with zero attached hydrogens (tertiary/aromatic N) is 3. The van der Waals surface area contributed by atoms with Gasteiger partial charge in [0.2, 0.25) is 11.0 Å². The fourth-order valence-electron chi connectivity index (χ4n) is 1.48. The predicted molar refractivity (Wildman–Crippen MR) is 84.3 cm³/mol. The number of anilines is 1. The van der Waals surface area contributed by atoms with E-state index in [2.05, 4.69) is 26.9 Å². The van der Waals surface area contributed by atoms with E-state index in [1.54, 1.807) is 6.92 Å². The van der Waals surface area contributed by atoms with E-state index >= 15 is 0 Å². The van der Waals surface area contributed by atoms with Gasteiger partial charge in [-0.25, -0.2) is 0 Å². The molecule has 0 saturated heterocycles. The molecule has 0 aliphatic heterocycles. The Morgan fingerprint density at radius 3 is 2.86 bits per heavy atom. The van der Waals surface area contributed by atoms with Crippen LogP contribution in [0.5, 0.6) is 0 Å². The average molecular weight is 325 g/mol. The van der Waals surface area contributed by atoms with Gasteiger partial charge in [0.25, 0.3) is 0 Å². The van der Waals surface area contributed by atoms with Crippen molar-refractivity contribution >= 4 is 34.1 Å². The van der Waals surface area contributed by atoms with Gasteiger partial charge in [0.1, 0.15) is 5.54 Å². The summed E-state index contributed by atoms with van der Waals surface area (Å²) in [6.07, 6.45) is 2.37. The lowest BCUT2D eigenvalue weighted by molar-refractivity contribution is -0.120. The van der Waals surface area contributed by atoms with Crippen molar-refractivity contribution in [1.82, 2.24) is 15.5 Å². The van der Waals surface area contributed by atoms with Crippen molar-refractivity contribution in [2.45, 2.75) is 49.5 Å².